The Hall–Kier alpha value is 0.0197. The standard InChI is InChI=1S/C18H26B4O2S4/c1-13-3-7-15(8-4-13)27-23-17(19,20)11-25-26-12-18(21,22)24-28-16-9-5-14(2)6-10-16/h3-10H,11-12,19-22H2,1-2H3. The van der Waals surface area contributed by atoms with Crippen LogP contribution in [0.1, 0.15) is 11.1 Å². The largest absolute Gasteiger partial charge is 0.321 e. The van der Waals surface area contributed by atoms with E-state index < -0.39 is 0 Å². The van der Waals surface area contributed by atoms with Crippen LogP contribution in [-0.2, 0) is 8.37 Å². The summed E-state index contributed by atoms with van der Waals surface area (Å²) in [4.78, 5) is 2.28. The number of hydrogen-bond donors (Lipinski definition) is 0. The summed E-state index contributed by atoms with van der Waals surface area (Å²) in [5.74, 6) is 1.83. The van der Waals surface area contributed by atoms with Gasteiger partial charge in [0.2, 0.25) is 0 Å². The van der Waals surface area contributed by atoms with E-state index in [-0.39, 0.29) is 10.8 Å². The van der Waals surface area contributed by atoms with E-state index in [9.17, 15) is 0 Å². The lowest BCUT2D eigenvalue weighted by Gasteiger charge is -2.26. The van der Waals surface area contributed by atoms with Crippen LogP contribution in [0, 0.1) is 13.8 Å². The fourth-order valence-electron chi connectivity index (χ4n) is 1.92. The molecule has 0 spiro atoms. The maximum absolute atomic E-state index is 6.05. The average Bonchev–Trinajstić information content (AvgIpc) is 2.65. The van der Waals surface area contributed by atoms with Gasteiger partial charge in [-0.2, -0.15) is 0 Å². The lowest BCUT2D eigenvalue weighted by atomic mass is 9.67. The Bertz CT molecular complexity index is 664. The summed E-state index contributed by atoms with van der Waals surface area (Å²) in [5.41, 5.74) is 2.53. The first-order valence-corrected chi connectivity index (χ1v) is 13.2. The highest BCUT2D eigenvalue weighted by Crippen LogP contribution is 2.33. The Kier molecular flexibility index (Phi) is 9.91. The molecule has 0 N–H and O–H groups in total. The molecule has 0 aromatic heterocycles. The molecule has 0 saturated heterocycles. The zero-order valence-electron chi connectivity index (χ0n) is 17.5. The van der Waals surface area contributed by atoms with Crippen LogP contribution in [0.25, 0.3) is 0 Å². The molecule has 0 aliphatic heterocycles. The summed E-state index contributed by atoms with van der Waals surface area (Å²) in [6.07, 6.45) is 0. The van der Waals surface area contributed by atoms with Crippen LogP contribution in [0.15, 0.2) is 58.3 Å². The number of rotatable bonds is 11. The van der Waals surface area contributed by atoms with Gasteiger partial charge < -0.3 is 8.37 Å². The highest BCUT2D eigenvalue weighted by molar-refractivity contribution is 8.76. The number of aryl methyl sites for hydroxylation is 2. The molecule has 28 heavy (non-hydrogen) atoms. The third-order valence-electron chi connectivity index (χ3n) is 3.67. The monoisotopic (exact) mass is 446 g/mol. The van der Waals surface area contributed by atoms with E-state index >= 15 is 0 Å². The predicted octanol–water partition coefficient (Wildman–Crippen LogP) is 2.27. The van der Waals surface area contributed by atoms with Gasteiger partial charge in [-0.05, 0) is 38.1 Å². The molecule has 0 atom stereocenters. The molecule has 0 aliphatic carbocycles. The van der Waals surface area contributed by atoms with Crippen LogP contribution in [0.2, 0.25) is 0 Å². The second-order valence-corrected chi connectivity index (χ2v) is 12.1. The normalized spacial score (nSPS) is 12.2. The van der Waals surface area contributed by atoms with Crippen LogP contribution >= 0.6 is 45.7 Å². The van der Waals surface area contributed by atoms with Crippen molar-refractivity contribution in [2.45, 2.75) is 34.4 Å². The average molecular weight is 446 g/mol. The maximum Gasteiger partial charge on any atom is 0.134 e. The lowest BCUT2D eigenvalue weighted by Crippen LogP contribution is -2.35. The summed E-state index contributed by atoms with van der Waals surface area (Å²) >= 11 is 2.91. The molecule has 0 aliphatic rings. The van der Waals surface area contributed by atoms with E-state index in [1.54, 1.807) is 0 Å². The van der Waals surface area contributed by atoms with E-state index in [2.05, 4.69) is 93.8 Å². The molecule has 0 amide bonds. The van der Waals surface area contributed by atoms with Crippen molar-refractivity contribution in [3.8, 4) is 0 Å². The molecule has 0 unspecified atom stereocenters. The first-order chi connectivity index (χ1) is 13.2. The van der Waals surface area contributed by atoms with Crippen molar-refractivity contribution in [3.63, 3.8) is 0 Å². The summed E-state index contributed by atoms with van der Waals surface area (Å²) in [7, 11) is 12.2. The molecule has 0 radical (unpaired) electrons. The maximum atomic E-state index is 6.05. The second-order valence-electron chi connectivity index (χ2n) is 8.00. The molecule has 0 heterocycles. The molecular formula is C18H26B4O2S4. The van der Waals surface area contributed by atoms with Crippen LogP contribution < -0.4 is 0 Å². The van der Waals surface area contributed by atoms with E-state index in [0.29, 0.717) is 0 Å². The third-order valence-corrected chi connectivity index (χ3v) is 8.66. The van der Waals surface area contributed by atoms with Crippen molar-refractivity contribution < 1.29 is 8.37 Å². The van der Waals surface area contributed by atoms with E-state index in [1.807, 2.05) is 21.6 Å². The van der Waals surface area contributed by atoms with Crippen LogP contribution in [0.5, 0.6) is 0 Å². The molecule has 0 bridgehead atoms. The zero-order valence-corrected chi connectivity index (χ0v) is 20.7. The minimum Gasteiger partial charge on any atom is -0.321 e. The van der Waals surface area contributed by atoms with Crippen LogP contribution in [-0.4, -0.2) is 53.7 Å². The van der Waals surface area contributed by atoms with Gasteiger partial charge in [0, 0.05) is 56.2 Å². The topological polar surface area (TPSA) is 18.5 Å². The van der Waals surface area contributed by atoms with E-state index in [1.165, 1.54) is 35.2 Å². The van der Waals surface area contributed by atoms with Gasteiger partial charge in [0.05, 0.1) is 0 Å². The highest BCUT2D eigenvalue weighted by atomic mass is 33.1. The fraction of sp³-hybridized carbons (Fsp3) is 0.333. The van der Waals surface area contributed by atoms with Crippen molar-refractivity contribution in [3.05, 3.63) is 59.7 Å². The third kappa shape index (κ3) is 9.68. The van der Waals surface area contributed by atoms with Crippen LogP contribution in [0.3, 0.4) is 0 Å². The SMILES string of the molecule is BC(B)(CSSCC(B)(B)OSc1ccc(C)cc1)OSc1ccc(C)cc1. The molecule has 10 heteroatoms. The first kappa shape index (κ1) is 24.3. The van der Waals surface area contributed by atoms with Crippen molar-refractivity contribution in [2.75, 3.05) is 11.5 Å². The molecule has 0 saturated carbocycles. The molecule has 0 fully saturated rings. The lowest BCUT2D eigenvalue weighted by molar-refractivity contribution is 0.316. The van der Waals surface area contributed by atoms with Gasteiger partial charge in [-0.15, -0.1) is 0 Å². The van der Waals surface area contributed by atoms with Crippen molar-refractivity contribution in [1.29, 1.82) is 0 Å². The van der Waals surface area contributed by atoms with Gasteiger partial charge in [0.15, 0.2) is 0 Å². The Morgan fingerprint density at radius 2 is 0.964 bits per heavy atom. The van der Waals surface area contributed by atoms with Crippen molar-refractivity contribution in [1.82, 2.24) is 0 Å². The highest BCUT2D eigenvalue weighted by Gasteiger charge is 2.23. The molecule has 2 nitrogen and oxygen atoms in total. The fourth-order valence-corrected chi connectivity index (χ4v) is 6.38. The number of benzene rings is 2. The van der Waals surface area contributed by atoms with Gasteiger partial charge in [0.25, 0.3) is 0 Å². The summed E-state index contributed by atoms with van der Waals surface area (Å²) in [5, 5.41) is -0.399. The van der Waals surface area contributed by atoms with E-state index in [0.717, 1.165) is 21.3 Å². The Labute approximate surface area is 190 Å². The van der Waals surface area contributed by atoms with Gasteiger partial charge >= 0.3 is 0 Å². The first-order valence-electron chi connectivity index (χ1n) is 9.24. The quantitative estimate of drug-likeness (QED) is 0.227. The molecule has 2 aromatic rings. The second kappa shape index (κ2) is 11.4. The minimum absolute atomic E-state index is 0.200. The van der Waals surface area contributed by atoms with Gasteiger partial charge in [0.1, 0.15) is 31.4 Å². The molecular weight excluding hydrogens is 420 g/mol. The summed E-state index contributed by atoms with van der Waals surface area (Å²) in [6, 6.07) is 16.8. The van der Waals surface area contributed by atoms with Gasteiger partial charge in [-0.3, -0.25) is 0 Å². The zero-order chi connectivity index (χ0) is 20.6. The van der Waals surface area contributed by atoms with Crippen molar-refractivity contribution in [2.24, 2.45) is 0 Å². The summed E-state index contributed by atoms with van der Waals surface area (Å²) < 4.78 is 12.1. The molecule has 146 valence electrons. The summed E-state index contributed by atoms with van der Waals surface area (Å²) in [6.45, 7) is 4.19. The Morgan fingerprint density at radius 1 is 0.643 bits per heavy atom. The number of hydrogen-bond acceptors (Lipinski definition) is 6. The predicted molar refractivity (Wildman–Crippen MR) is 141 cm³/mol. The minimum atomic E-state index is -0.200. The molecule has 2 rings (SSSR count). The van der Waals surface area contributed by atoms with Gasteiger partial charge in [-0.25, -0.2) is 0 Å². The Morgan fingerprint density at radius 3 is 1.29 bits per heavy atom. The van der Waals surface area contributed by atoms with Crippen molar-refractivity contribution >= 4 is 77.1 Å². The molecule has 2 aromatic carbocycles. The van der Waals surface area contributed by atoms with E-state index in [4.69, 9.17) is 8.37 Å². The van der Waals surface area contributed by atoms with Gasteiger partial charge in [-0.1, -0.05) is 57.0 Å². The van der Waals surface area contributed by atoms with Crippen LogP contribution in [0.4, 0.5) is 0 Å². The Balaban J connectivity index is 1.66. The smallest absolute Gasteiger partial charge is 0.134 e.